The van der Waals surface area contributed by atoms with Crippen LogP contribution >= 0.6 is 11.6 Å². The van der Waals surface area contributed by atoms with E-state index in [9.17, 15) is 40.3 Å². The minimum Gasteiger partial charge on any atom is -0.744 e. The van der Waals surface area contributed by atoms with Crippen LogP contribution in [-0.2, 0) is 47.1 Å². The van der Waals surface area contributed by atoms with Gasteiger partial charge in [0, 0.05) is 94.9 Å². The van der Waals surface area contributed by atoms with Gasteiger partial charge in [0.25, 0.3) is 5.91 Å². The fourth-order valence-corrected chi connectivity index (χ4v) is 11.4. The van der Waals surface area contributed by atoms with Gasteiger partial charge in [0.15, 0.2) is 5.71 Å². The fourth-order valence-electron chi connectivity index (χ4n) is 10.3. The van der Waals surface area contributed by atoms with E-state index >= 15 is 0 Å². The number of nitrogens with zero attached hydrogens (tertiary/aromatic N) is 3. The number of fused-ring (bicyclic) bond motifs is 3. The average Bonchev–Trinajstić information content (AvgIpc) is 3.84. The van der Waals surface area contributed by atoms with Crippen molar-refractivity contribution in [2.24, 2.45) is 0 Å². The van der Waals surface area contributed by atoms with Crippen LogP contribution in [0.25, 0.3) is 10.9 Å². The first-order valence-electron chi connectivity index (χ1n) is 24.9. The first-order valence-corrected chi connectivity index (χ1v) is 28.1. The van der Waals surface area contributed by atoms with Crippen LogP contribution in [-0.4, -0.2) is 85.1 Å². The summed E-state index contributed by atoms with van der Waals surface area (Å²) in [6.45, 7) is 13.5. The van der Waals surface area contributed by atoms with E-state index in [4.69, 9.17) is 16.3 Å². The third-order valence-corrected chi connectivity index (χ3v) is 16.2. The van der Waals surface area contributed by atoms with E-state index in [1.807, 2.05) is 84.1 Å². The molecule has 392 valence electrons. The molecule has 0 bridgehead atoms. The number of Topliss-reactive ketones (excluding diaryl/α,β-unsaturated/α-hetero) is 1. The van der Waals surface area contributed by atoms with Crippen molar-refractivity contribution in [3.63, 3.8) is 0 Å². The largest absolute Gasteiger partial charge is 1.00 e. The zero-order valence-electron chi connectivity index (χ0n) is 44.0. The number of benzene rings is 4. The molecule has 1 N–H and O–H groups in total. The summed E-state index contributed by atoms with van der Waals surface area (Å²) in [6, 6.07) is 21.2. The molecule has 5 aromatic rings. The van der Waals surface area contributed by atoms with Gasteiger partial charge in [0.1, 0.15) is 38.3 Å². The van der Waals surface area contributed by atoms with Crippen LogP contribution < -0.4 is 66.3 Å². The standard InChI is InChI=1S/C57H65ClN4O10S2.K/c1-8-60-50-30-27-43(73(66,67)68)36-47(50)56(3,4)52(60)19-13-9-14-20-53-57(5,6)48-37-44(74(69,70)71)28-31-51(48)61(53)33-17-11-15-21-54(64)59-32-16-10-12-18-41(63)34-45-38(2)62(49-29-26-42(72-7)35-46(45)49)55(65)39-22-24-40(58)25-23-39;/h9,13-14,19-20,22-31,35-37H,8,10-12,15-18,21,32-34H2,1-7H3,(H2-,59,64,66,67,68,69,70,71);/q;+1/p-1. The monoisotopic (exact) mass is 1100 g/mol. The first kappa shape index (κ1) is 59.7. The zero-order valence-corrected chi connectivity index (χ0v) is 49.5. The van der Waals surface area contributed by atoms with Gasteiger partial charge < -0.3 is 24.1 Å². The number of rotatable bonds is 22. The van der Waals surface area contributed by atoms with Crippen LogP contribution in [0.1, 0.15) is 119 Å². The van der Waals surface area contributed by atoms with Crippen LogP contribution in [0.2, 0.25) is 5.02 Å². The van der Waals surface area contributed by atoms with Gasteiger partial charge in [0.05, 0.1) is 27.8 Å². The Morgan fingerprint density at radius 3 is 2.09 bits per heavy atom. The van der Waals surface area contributed by atoms with Crippen molar-refractivity contribution >= 4 is 77.4 Å². The molecule has 0 unspecified atom stereocenters. The van der Waals surface area contributed by atoms with E-state index in [1.54, 1.807) is 54.1 Å². The number of nitrogens with one attached hydrogen (secondary N) is 1. The third kappa shape index (κ3) is 13.4. The number of hydrogen-bond donors (Lipinski definition) is 1. The number of likely N-dealkylation sites (N-methyl/N-ethyl adjacent to an activating group) is 1. The van der Waals surface area contributed by atoms with E-state index in [2.05, 4.69) is 14.8 Å². The normalized spacial score (nSPS) is 15.5. The van der Waals surface area contributed by atoms with Crippen molar-refractivity contribution in [3.05, 3.63) is 148 Å². The Morgan fingerprint density at radius 1 is 0.773 bits per heavy atom. The summed E-state index contributed by atoms with van der Waals surface area (Å²) in [5.41, 5.74) is 6.38. The number of allylic oxidation sites excluding steroid dienone is 6. The van der Waals surface area contributed by atoms with Gasteiger partial charge in [-0.3, -0.25) is 19.0 Å². The van der Waals surface area contributed by atoms with Crippen molar-refractivity contribution in [1.82, 2.24) is 9.88 Å². The van der Waals surface area contributed by atoms with Crippen molar-refractivity contribution in [3.8, 4) is 5.75 Å². The molecule has 0 spiro atoms. The summed E-state index contributed by atoms with van der Waals surface area (Å²) in [7, 11) is -7.74. The minimum atomic E-state index is -4.69. The topological polar surface area (TPSA) is 198 Å². The van der Waals surface area contributed by atoms with Crippen LogP contribution in [0, 0.1) is 6.92 Å². The van der Waals surface area contributed by atoms with E-state index in [-0.39, 0.29) is 85.2 Å². The molecule has 4 aromatic carbocycles. The molecule has 0 radical (unpaired) electrons. The Hall–Kier alpha value is -4.53. The molecule has 18 heteroatoms. The van der Waals surface area contributed by atoms with Crippen LogP contribution in [0.4, 0.5) is 11.4 Å². The molecular weight excluding hydrogens is 1040 g/mol. The second-order valence-corrected chi connectivity index (χ2v) is 23.1. The molecular formula is C57H64ClKN4O10S2. The number of ether oxygens (including phenoxy) is 1. The van der Waals surface area contributed by atoms with Gasteiger partial charge >= 0.3 is 51.4 Å². The maximum atomic E-state index is 13.7. The number of ketones is 1. The number of unbranched alkanes of at least 4 members (excludes halogenated alkanes) is 4. The summed E-state index contributed by atoms with van der Waals surface area (Å²) in [5.74, 6) is 0.435. The molecule has 2 aliphatic rings. The molecule has 1 amide bonds. The first-order chi connectivity index (χ1) is 35.0. The SMILES string of the molecule is CCN1C(=CC=CC=CC2=[N+](CCCCCC(=O)NCCCCCC(=O)Cc3c(C)n(C(=O)c4ccc(Cl)cc4)c4ccc(OC)cc34)c3ccc(S(=O)(=O)[O-])cc3C2(C)C)C(C)(C)c2cc(S(=O)(=O)[O-])ccc21.[K+]. The Balaban J connectivity index is 0.00000914. The van der Waals surface area contributed by atoms with Gasteiger partial charge in [0.2, 0.25) is 11.6 Å². The number of hydrogen-bond acceptors (Lipinski definition) is 11. The zero-order chi connectivity index (χ0) is 53.8. The van der Waals surface area contributed by atoms with Crippen molar-refractivity contribution < 1.29 is 101 Å². The Bertz CT molecular complexity index is 3360. The Labute approximate surface area is 488 Å². The predicted molar refractivity (Wildman–Crippen MR) is 287 cm³/mol. The second kappa shape index (κ2) is 24.9. The average molecular weight is 1100 g/mol. The minimum absolute atomic E-state index is 0. The number of anilines is 1. The molecule has 14 nitrogen and oxygen atoms in total. The molecule has 2 aliphatic heterocycles. The smallest absolute Gasteiger partial charge is 0.744 e. The Kier molecular flexibility index (Phi) is 19.8. The van der Waals surface area contributed by atoms with Gasteiger partial charge in [-0.15, -0.1) is 0 Å². The van der Waals surface area contributed by atoms with Gasteiger partial charge in [-0.1, -0.05) is 50.1 Å². The molecule has 3 heterocycles. The third-order valence-electron chi connectivity index (χ3n) is 14.3. The van der Waals surface area contributed by atoms with Crippen molar-refractivity contribution in [2.75, 3.05) is 31.6 Å². The van der Waals surface area contributed by atoms with Crippen molar-refractivity contribution in [1.29, 1.82) is 0 Å². The maximum absolute atomic E-state index is 13.7. The molecule has 0 saturated heterocycles. The number of carbonyl (C=O) groups is 3. The summed E-state index contributed by atoms with van der Waals surface area (Å²) in [6.07, 6.45) is 14.9. The van der Waals surface area contributed by atoms with Crippen LogP contribution in [0.15, 0.2) is 125 Å². The number of halogens is 1. The van der Waals surface area contributed by atoms with Gasteiger partial charge in [-0.2, -0.15) is 4.58 Å². The summed E-state index contributed by atoms with van der Waals surface area (Å²) in [4.78, 5) is 41.4. The van der Waals surface area contributed by atoms with E-state index in [1.165, 1.54) is 24.3 Å². The van der Waals surface area contributed by atoms with Crippen molar-refractivity contribution in [2.45, 2.75) is 120 Å². The summed E-state index contributed by atoms with van der Waals surface area (Å²) in [5, 5.41) is 4.33. The molecule has 0 saturated carbocycles. The number of carbonyl (C=O) groups excluding carboxylic acids is 3. The molecule has 75 heavy (non-hydrogen) atoms. The van der Waals surface area contributed by atoms with E-state index < -0.39 is 31.1 Å². The van der Waals surface area contributed by atoms with Gasteiger partial charge in [-0.25, -0.2) is 16.8 Å². The molecule has 0 aliphatic carbocycles. The number of amides is 1. The summed E-state index contributed by atoms with van der Waals surface area (Å²) < 4.78 is 81.0. The van der Waals surface area contributed by atoms with Crippen LogP contribution in [0.3, 0.4) is 0 Å². The molecule has 0 atom stereocenters. The quantitative estimate of drug-likeness (QED) is 0.0239. The van der Waals surface area contributed by atoms with Gasteiger partial charge in [-0.05, 0) is 143 Å². The second-order valence-electron chi connectivity index (χ2n) is 19.9. The molecule has 1 aromatic heterocycles. The summed E-state index contributed by atoms with van der Waals surface area (Å²) >= 11 is 6.07. The van der Waals surface area contributed by atoms with Crippen LogP contribution in [0.5, 0.6) is 5.75 Å². The number of aromatic nitrogens is 1. The van der Waals surface area contributed by atoms with E-state index in [0.29, 0.717) is 72.9 Å². The molecule has 7 rings (SSSR count). The fraction of sp³-hybridized carbons (Fsp3) is 0.368. The number of methoxy groups -OCH3 is 1. The van der Waals surface area contributed by atoms with E-state index in [0.717, 1.165) is 70.5 Å². The Morgan fingerprint density at radius 2 is 1.43 bits per heavy atom. The maximum Gasteiger partial charge on any atom is 1.00 e. The molecule has 0 fully saturated rings. The predicted octanol–water partition coefficient (Wildman–Crippen LogP) is 7.35.